The number of nitrogens with zero attached hydrogens (tertiary/aromatic N) is 3. The first-order chi connectivity index (χ1) is 15.0. The Balaban J connectivity index is 1.79. The normalized spacial score (nSPS) is 14.8. The Bertz CT molecular complexity index is 1200. The number of thiazole rings is 1. The van der Waals surface area contributed by atoms with Crippen LogP contribution in [-0.2, 0) is 17.8 Å². The van der Waals surface area contributed by atoms with Crippen molar-refractivity contribution in [2.45, 2.75) is 62.4 Å². The van der Waals surface area contributed by atoms with E-state index in [2.05, 4.69) is 10.3 Å². The lowest BCUT2D eigenvalue weighted by molar-refractivity contribution is -0.122. The summed E-state index contributed by atoms with van der Waals surface area (Å²) in [4.78, 5) is 43.8. The molecule has 2 heterocycles. The summed E-state index contributed by atoms with van der Waals surface area (Å²) in [5.74, 6) is -0.222. The van der Waals surface area contributed by atoms with Gasteiger partial charge in [-0.05, 0) is 43.2 Å². The Kier molecular flexibility index (Phi) is 6.62. The van der Waals surface area contributed by atoms with Crippen LogP contribution in [-0.4, -0.2) is 32.3 Å². The topological polar surface area (TPSA) is 86.0 Å². The fourth-order valence-electron chi connectivity index (χ4n) is 4.02. The standard InChI is InChI=1S/C22H26N4O3S2/c1-3-14-9-11-16(12-10-14)26-20(28)18-19(24-21(30-2)31-18)25(22(26)29)13-17(27)23-15-7-5-4-6-8-15/h9-12,15H,3-8,13H2,1-2H3,(H,23,27). The molecule has 1 fully saturated rings. The zero-order chi connectivity index (χ0) is 22.0. The molecular formula is C22H26N4O3S2. The van der Waals surface area contributed by atoms with Crippen LogP contribution in [0.25, 0.3) is 16.0 Å². The molecule has 0 radical (unpaired) electrons. The zero-order valence-corrected chi connectivity index (χ0v) is 19.4. The molecule has 0 saturated heterocycles. The SMILES string of the molecule is CCc1ccc(-n2c(=O)c3sc(SC)nc3n(CC(=O)NC3CCCCC3)c2=O)cc1. The highest BCUT2D eigenvalue weighted by molar-refractivity contribution is 8.00. The highest BCUT2D eigenvalue weighted by atomic mass is 32.2. The molecule has 2 aromatic heterocycles. The molecule has 31 heavy (non-hydrogen) atoms. The van der Waals surface area contributed by atoms with E-state index in [0.29, 0.717) is 14.7 Å². The molecule has 9 heteroatoms. The van der Waals surface area contributed by atoms with Crippen molar-refractivity contribution in [2.24, 2.45) is 0 Å². The summed E-state index contributed by atoms with van der Waals surface area (Å²) >= 11 is 2.67. The van der Waals surface area contributed by atoms with Crippen LogP contribution in [0.15, 0.2) is 38.2 Å². The van der Waals surface area contributed by atoms with Crippen LogP contribution in [0.3, 0.4) is 0 Å². The molecule has 0 bridgehead atoms. The van der Waals surface area contributed by atoms with Crippen molar-refractivity contribution < 1.29 is 4.79 Å². The quantitative estimate of drug-likeness (QED) is 0.573. The summed E-state index contributed by atoms with van der Waals surface area (Å²) in [7, 11) is 0. The first-order valence-electron chi connectivity index (χ1n) is 10.6. The van der Waals surface area contributed by atoms with Crippen molar-refractivity contribution in [3.8, 4) is 5.69 Å². The Morgan fingerprint density at radius 1 is 1.19 bits per heavy atom. The van der Waals surface area contributed by atoms with Crippen LogP contribution in [0.1, 0.15) is 44.6 Å². The van der Waals surface area contributed by atoms with Gasteiger partial charge < -0.3 is 5.32 Å². The van der Waals surface area contributed by atoms with E-state index in [4.69, 9.17) is 0 Å². The lowest BCUT2D eigenvalue weighted by Gasteiger charge is -2.23. The molecule has 1 aromatic carbocycles. The number of thioether (sulfide) groups is 1. The second-order valence-corrected chi connectivity index (χ2v) is 9.82. The van der Waals surface area contributed by atoms with Crippen molar-refractivity contribution in [2.75, 3.05) is 6.26 Å². The lowest BCUT2D eigenvalue weighted by atomic mass is 9.95. The average molecular weight is 459 g/mol. The molecule has 0 aliphatic heterocycles. The third kappa shape index (κ3) is 4.48. The number of hydrogen-bond donors (Lipinski definition) is 1. The molecule has 1 aliphatic carbocycles. The van der Waals surface area contributed by atoms with Crippen LogP contribution in [0.2, 0.25) is 0 Å². The minimum absolute atomic E-state index is 0.150. The fraction of sp³-hybridized carbons (Fsp3) is 0.455. The van der Waals surface area contributed by atoms with E-state index in [1.807, 2.05) is 25.3 Å². The van der Waals surface area contributed by atoms with Crippen LogP contribution < -0.4 is 16.6 Å². The van der Waals surface area contributed by atoms with Gasteiger partial charge in [0.2, 0.25) is 5.91 Å². The van der Waals surface area contributed by atoms with Crippen molar-refractivity contribution in [3.63, 3.8) is 0 Å². The van der Waals surface area contributed by atoms with Gasteiger partial charge in [-0.3, -0.25) is 14.2 Å². The predicted octanol–water partition coefficient (Wildman–Crippen LogP) is 3.34. The Morgan fingerprint density at radius 3 is 2.55 bits per heavy atom. The number of carbonyl (C=O) groups excluding carboxylic acids is 1. The maximum Gasteiger partial charge on any atom is 0.337 e. The van der Waals surface area contributed by atoms with Crippen LogP contribution in [0.5, 0.6) is 0 Å². The maximum atomic E-state index is 13.4. The first kappa shape index (κ1) is 21.8. The summed E-state index contributed by atoms with van der Waals surface area (Å²) in [6.45, 7) is 1.89. The molecule has 0 atom stereocenters. The molecule has 4 rings (SSSR count). The van der Waals surface area contributed by atoms with Crippen molar-refractivity contribution in [1.29, 1.82) is 0 Å². The molecule has 164 valence electrons. The van der Waals surface area contributed by atoms with E-state index < -0.39 is 11.2 Å². The van der Waals surface area contributed by atoms with Gasteiger partial charge in [0.05, 0.1) is 5.69 Å². The summed E-state index contributed by atoms with van der Waals surface area (Å²) < 4.78 is 3.55. The van der Waals surface area contributed by atoms with Gasteiger partial charge in [-0.2, -0.15) is 0 Å². The summed E-state index contributed by atoms with van der Waals surface area (Å²) in [6.07, 6.45) is 8.08. The van der Waals surface area contributed by atoms with E-state index in [-0.39, 0.29) is 24.1 Å². The van der Waals surface area contributed by atoms with Gasteiger partial charge in [-0.15, -0.1) is 11.3 Å². The van der Waals surface area contributed by atoms with E-state index >= 15 is 0 Å². The minimum Gasteiger partial charge on any atom is -0.352 e. The van der Waals surface area contributed by atoms with Gasteiger partial charge >= 0.3 is 5.69 Å². The number of hydrogen-bond acceptors (Lipinski definition) is 6. The molecule has 3 aromatic rings. The predicted molar refractivity (Wildman–Crippen MR) is 126 cm³/mol. The monoisotopic (exact) mass is 458 g/mol. The number of benzene rings is 1. The summed E-state index contributed by atoms with van der Waals surface area (Å²) in [5, 5.41) is 3.05. The van der Waals surface area contributed by atoms with E-state index in [1.54, 1.807) is 12.1 Å². The molecule has 1 amide bonds. The lowest BCUT2D eigenvalue weighted by Crippen LogP contribution is -2.43. The number of rotatable bonds is 6. The van der Waals surface area contributed by atoms with Gasteiger partial charge in [0, 0.05) is 6.04 Å². The highest BCUT2D eigenvalue weighted by Gasteiger charge is 2.22. The number of fused-ring (bicyclic) bond motifs is 1. The number of aromatic nitrogens is 3. The first-order valence-corrected chi connectivity index (χ1v) is 12.6. The summed E-state index contributed by atoms with van der Waals surface area (Å²) in [6, 6.07) is 7.52. The number of aryl methyl sites for hydroxylation is 1. The second kappa shape index (κ2) is 9.40. The fourth-order valence-corrected chi connectivity index (χ4v) is 5.51. The average Bonchev–Trinajstić information content (AvgIpc) is 3.23. The van der Waals surface area contributed by atoms with E-state index in [1.165, 1.54) is 34.1 Å². The molecule has 7 nitrogen and oxygen atoms in total. The van der Waals surface area contributed by atoms with Gasteiger partial charge in [0.15, 0.2) is 9.99 Å². The Morgan fingerprint density at radius 2 is 1.90 bits per heavy atom. The Hall–Kier alpha value is -2.39. The molecule has 1 aliphatic rings. The van der Waals surface area contributed by atoms with E-state index in [9.17, 15) is 14.4 Å². The van der Waals surface area contributed by atoms with E-state index in [0.717, 1.165) is 42.2 Å². The number of carbonyl (C=O) groups is 1. The highest BCUT2D eigenvalue weighted by Crippen LogP contribution is 2.25. The molecule has 1 N–H and O–H groups in total. The number of amides is 1. The van der Waals surface area contributed by atoms with Crippen molar-refractivity contribution in [1.82, 2.24) is 19.4 Å². The number of nitrogens with one attached hydrogen (secondary N) is 1. The third-order valence-electron chi connectivity index (χ3n) is 5.71. The maximum absolute atomic E-state index is 13.4. The summed E-state index contributed by atoms with van der Waals surface area (Å²) in [5.41, 5.74) is 0.955. The molecular weight excluding hydrogens is 432 g/mol. The third-order valence-corrected chi connectivity index (χ3v) is 7.73. The van der Waals surface area contributed by atoms with Crippen LogP contribution >= 0.6 is 23.1 Å². The van der Waals surface area contributed by atoms with Crippen molar-refractivity contribution >= 4 is 39.4 Å². The molecule has 0 spiro atoms. The van der Waals surface area contributed by atoms with Crippen LogP contribution in [0, 0.1) is 0 Å². The van der Waals surface area contributed by atoms with Gasteiger partial charge in [-0.1, -0.05) is 50.1 Å². The van der Waals surface area contributed by atoms with Crippen LogP contribution in [0.4, 0.5) is 0 Å². The molecule has 1 saturated carbocycles. The molecule has 0 unspecified atom stereocenters. The zero-order valence-electron chi connectivity index (χ0n) is 17.7. The van der Waals surface area contributed by atoms with Gasteiger partial charge in [0.1, 0.15) is 11.2 Å². The van der Waals surface area contributed by atoms with Gasteiger partial charge in [-0.25, -0.2) is 14.3 Å². The smallest absolute Gasteiger partial charge is 0.337 e. The largest absolute Gasteiger partial charge is 0.352 e. The second-order valence-electron chi connectivity index (χ2n) is 7.77. The van der Waals surface area contributed by atoms with Crippen molar-refractivity contribution in [3.05, 3.63) is 50.7 Å². The minimum atomic E-state index is -0.543. The van der Waals surface area contributed by atoms with Gasteiger partial charge in [0.25, 0.3) is 5.56 Å². The Labute approximate surface area is 188 Å².